The van der Waals surface area contributed by atoms with Gasteiger partial charge < -0.3 is 4.74 Å². The van der Waals surface area contributed by atoms with Crippen LogP contribution in [0.2, 0.25) is 0 Å². The number of ether oxygens (including phenoxy) is 1. The zero-order valence-corrected chi connectivity index (χ0v) is 14.0. The molecule has 3 rings (SSSR count). The molecule has 1 fully saturated rings. The molecule has 5 heteroatoms. The Labute approximate surface area is 147 Å². The monoisotopic (exact) mass is 338 g/mol. The van der Waals surface area contributed by atoms with E-state index in [2.05, 4.69) is 10.9 Å². The summed E-state index contributed by atoms with van der Waals surface area (Å²) in [5.74, 6) is 0.414. The van der Waals surface area contributed by atoms with Crippen molar-refractivity contribution in [2.45, 2.75) is 32.3 Å². The van der Waals surface area contributed by atoms with Gasteiger partial charge in [-0.05, 0) is 42.7 Å². The summed E-state index contributed by atoms with van der Waals surface area (Å²) in [6, 6.07) is 16.7. The summed E-state index contributed by atoms with van der Waals surface area (Å²) in [7, 11) is 0. The fourth-order valence-electron chi connectivity index (χ4n) is 2.92. The van der Waals surface area contributed by atoms with Crippen LogP contribution >= 0.6 is 0 Å². The molecule has 2 aromatic carbocycles. The lowest BCUT2D eigenvalue weighted by Crippen LogP contribution is -2.44. The molecule has 1 aliphatic carbocycles. The minimum absolute atomic E-state index is 0.0258. The molecule has 0 radical (unpaired) electrons. The summed E-state index contributed by atoms with van der Waals surface area (Å²) in [6.07, 6.45) is 3.97. The van der Waals surface area contributed by atoms with Gasteiger partial charge >= 0.3 is 0 Å². The summed E-state index contributed by atoms with van der Waals surface area (Å²) >= 11 is 0. The highest BCUT2D eigenvalue weighted by atomic mass is 16.5. The molecule has 0 saturated heterocycles. The third kappa shape index (κ3) is 4.83. The number of nitrogens with one attached hydrogen (secondary N) is 2. The van der Waals surface area contributed by atoms with Crippen molar-refractivity contribution in [2.24, 2.45) is 5.92 Å². The first-order chi connectivity index (χ1) is 12.2. The highest BCUT2D eigenvalue weighted by Gasteiger charge is 2.22. The van der Waals surface area contributed by atoms with E-state index in [-0.39, 0.29) is 17.7 Å². The van der Waals surface area contributed by atoms with Gasteiger partial charge in [-0.3, -0.25) is 20.4 Å². The zero-order valence-electron chi connectivity index (χ0n) is 14.0. The van der Waals surface area contributed by atoms with Crippen molar-refractivity contribution < 1.29 is 14.3 Å². The average molecular weight is 338 g/mol. The number of hydrogen-bond donors (Lipinski definition) is 2. The molecule has 0 aliphatic heterocycles. The molecule has 1 saturated carbocycles. The number of amides is 2. The standard InChI is InChI=1S/C20H22N2O3/c23-19(16-6-4-5-7-16)21-22-20(24)17-12-10-15(11-13-17)14-25-18-8-2-1-3-9-18/h1-3,8-13,16H,4-7,14H2,(H,21,23)(H,22,24). The van der Waals surface area contributed by atoms with Crippen LogP contribution in [0.15, 0.2) is 54.6 Å². The van der Waals surface area contributed by atoms with Gasteiger partial charge in [0, 0.05) is 11.5 Å². The molecule has 1 aliphatic rings. The predicted molar refractivity (Wildman–Crippen MR) is 94.8 cm³/mol. The molecule has 0 unspecified atom stereocenters. The Hall–Kier alpha value is -2.82. The maximum absolute atomic E-state index is 12.1. The van der Waals surface area contributed by atoms with E-state index in [9.17, 15) is 9.59 Å². The number of para-hydroxylation sites is 1. The minimum atomic E-state index is -0.318. The van der Waals surface area contributed by atoms with Crippen molar-refractivity contribution >= 4 is 11.8 Å². The van der Waals surface area contributed by atoms with Crippen LogP contribution < -0.4 is 15.6 Å². The molecule has 5 nitrogen and oxygen atoms in total. The smallest absolute Gasteiger partial charge is 0.269 e. The van der Waals surface area contributed by atoms with Crippen molar-refractivity contribution in [3.05, 3.63) is 65.7 Å². The van der Waals surface area contributed by atoms with Gasteiger partial charge in [-0.15, -0.1) is 0 Å². The highest BCUT2D eigenvalue weighted by molar-refractivity contribution is 5.95. The first-order valence-corrected chi connectivity index (χ1v) is 8.59. The van der Waals surface area contributed by atoms with Gasteiger partial charge in [-0.25, -0.2) is 0 Å². The molecule has 2 amide bonds. The molecule has 2 N–H and O–H groups in total. The van der Waals surface area contributed by atoms with E-state index < -0.39 is 0 Å². The average Bonchev–Trinajstić information content (AvgIpc) is 3.20. The second-order valence-electron chi connectivity index (χ2n) is 6.22. The van der Waals surface area contributed by atoms with Crippen molar-refractivity contribution in [1.29, 1.82) is 0 Å². The van der Waals surface area contributed by atoms with E-state index in [4.69, 9.17) is 4.74 Å². The molecule has 0 heterocycles. The first kappa shape index (κ1) is 17.0. The Morgan fingerprint density at radius 1 is 0.920 bits per heavy atom. The summed E-state index contributed by atoms with van der Waals surface area (Å²) in [6.45, 7) is 0.435. The van der Waals surface area contributed by atoms with E-state index in [0.29, 0.717) is 12.2 Å². The van der Waals surface area contributed by atoms with Gasteiger partial charge in [0.2, 0.25) is 5.91 Å². The number of carbonyl (C=O) groups excluding carboxylic acids is 2. The minimum Gasteiger partial charge on any atom is -0.489 e. The molecule has 0 aromatic heterocycles. The fourth-order valence-corrected chi connectivity index (χ4v) is 2.92. The van der Waals surface area contributed by atoms with E-state index in [1.807, 2.05) is 42.5 Å². The molecule has 25 heavy (non-hydrogen) atoms. The summed E-state index contributed by atoms with van der Waals surface area (Å²) < 4.78 is 5.67. The summed E-state index contributed by atoms with van der Waals surface area (Å²) in [4.78, 5) is 24.0. The normalized spacial score (nSPS) is 14.1. The molecule has 0 spiro atoms. The highest BCUT2D eigenvalue weighted by Crippen LogP contribution is 2.24. The Kier molecular flexibility index (Phi) is 5.67. The molecule has 0 bridgehead atoms. The van der Waals surface area contributed by atoms with Crippen LogP contribution in [-0.4, -0.2) is 11.8 Å². The molecular formula is C20H22N2O3. The van der Waals surface area contributed by atoms with Gasteiger partial charge in [0.1, 0.15) is 12.4 Å². The number of rotatable bonds is 5. The van der Waals surface area contributed by atoms with Crippen molar-refractivity contribution in [1.82, 2.24) is 10.9 Å². The molecule has 2 aromatic rings. The van der Waals surface area contributed by atoms with Gasteiger partial charge in [0.15, 0.2) is 0 Å². The summed E-state index contributed by atoms with van der Waals surface area (Å²) in [5.41, 5.74) is 6.47. The largest absolute Gasteiger partial charge is 0.489 e. The lowest BCUT2D eigenvalue weighted by atomic mass is 10.1. The first-order valence-electron chi connectivity index (χ1n) is 8.59. The summed E-state index contributed by atoms with van der Waals surface area (Å²) in [5, 5.41) is 0. The third-order valence-electron chi connectivity index (χ3n) is 4.39. The zero-order chi connectivity index (χ0) is 17.5. The van der Waals surface area contributed by atoms with Gasteiger partial charge in [-0.1, -0.05) is 43.2 Å². The van der Waals surface area contributed by atoms with E-state index >= 15 is 0 Å². The number of benzene rings is 2. The van der Waals surface area contributed by atoms with Crippen LogP contribution in [0.4, 0.5) is 0 Å². The molecular weight excluding hydrogens is 316 g/mol. The maximum atomic E-state index is 12.1. The van der Waals surface area contributed by atoms with Crippen molar-refractivity contribution in [3.63, 3.8) is 0 Å². The lowest BCUT2D eigenvalue weighted by Gasteiger charge is -2.11. The lowest BCUT2D eigenvalue weighted by molar-refractivity contribution is -0.125. The van der Waals surface area contributed by atoms with E-state index in [1.165, 1.54) is 0 Å². The van der Waals surface area contributed by atoms with Crippen molar-refractivity contribution in [3.8, 4) is 5.75 Å². The van der Waals surface area contributed by atoms with Gasteiger partial charge in [-0.2, -0.15) is 0 Å². The van der Waals surface area contributed by atoms with Gasteiger partial charge in [0.25, 0.3) is 5.91 Å². The number of hydrogen-bond acceptors (Lipinski definition) is 3. The van der Waals surface area contributed by atoms with Crippen molar-refractivity contribution in [2.75, 3.05) is 0 Å². The maximum Gasteiger partial charge on any atom is 0.269 e. The van der Waals surface area contributed by atoms with E-state index in [1.54, 1.807) is 12.1 Å². The van der Waals surface area contributed by atoms with Crippen LogP contribution in [0, 0.1) is 5.92 Å². The SMILES string of the molecule is O=C(NNC(=O)C1CCCC1)c1ccc(COc2ccccc2)cc1. The van der Waals surface area contributed by atoms with E-state index in [0.717, 1.165) is 37.0 Å². The van der Waals surface area contributed by atoms with Crippen LogP contribution in [0.3, 0.4) is 0 Å². The predicted octanol–water partition coefficient (Wildman–Crippen LogP) is 3.22. The Balaban J connectivity index is 1.47. The van der Waals surface area contributed by atoms with Crippen LogP contribution in [0.25, 0.3) is 0 Å². The van der Waals surface area contributed by atoms with Gasteiger partial charge in [0.05, 0.1) is 0 Å². The Morgan fingerprint density at radius 3 is 2.28 bits per heavy atom. The number of hydrazine groups is 1. The van der Waals surface area contributed by atoms with Crippen LogP contribution in [0.5, 0.6) is 5.75 Å². The van der Waals surface area contributed by atoms with Crippen LogP contribution in [0.1, 0.15) is 41.6 Å². The quantitative estimate of drug-likeness (QED) is 0.823. The fraction of sp³-hybridized carbons (Fsp3) is 0.300. The second kappa shape index (κ2) is 8.33. The Bertz CT molecular complexity index is 707. The number of carbonyl (C=O) groups is 2. The second-order valence-corrected chi connectivity index (χ2v) is 6.22. The molecule has 0 atom stereocenters. The molecule has 130 valence electrons. The third-order valence-corrected chi connectivity index (χ3v) is 4.39. The Morgan fingerprint density at radius 2 is 1.60 bits per heavy atom. The van der Waals surface area contributed by atoms with Crippen LogP contribution in [-0.2, 0) is 11.4 Å². The topological polar surface area (TPSA) is 67.4 Å².